The second-order valence-electron chi connectivity index (χ2n) is 4.11. The molecule has 15 heavy (non-hydrogen) atoms. The van der Waals surface area contributed by atoms with Crippen LogP contribution in [-0.4, -0.2) is 5.78 Å². The maximum Gasteiger partial charge on any atom is 0.133 e. The van der Waals surface area contributed by atoms with E-state index in [-0.39, 0.29) is 0 Å². The molecule has 0 N–H and O–H groups in total. The van der Waals surface area contributed by atoms with Crippen molar-refractivity contribution in [2.45, 2.75) is 46.0 Å². The minimum absolute atomic E-state index is 0.363. The number of hydrogen-bond acceptors (Lipinski definition) is 1. The van der Waals surface area contributed by atoms with E-state index in [4.69, 9.17) is 0 Å². The average Bonchev–Trinajstić information content (AvgIpc) is 2.27. The Balaban J connectivity index is 2.74. The van der Waals surface area contributed by atoms with Gasteiger partial charge in [-0.25, -0.2) is 0 Å². The van der Waals surface area contributed by atoms with E-state index in [9.17, 15) is 4.79 Å². The summed E-state index contributed by atoms with van der Waals surface area (Å²) in [4.78, 5) is 11.4. The number of carbonyl (C=O) groups is 1. The summed E-state index contributed by atoms with van der Waals surface area (Å²) in [5.41, 5.74) is 2.57. The first kappa shape index (κ1) is 12.0. The van der Waals surface area contributed by atoms with Crippen LogP contribution in [0.2, 0.25) is 0 Å². The zero-order chi connectivity index (χ0) is 11.3. The molecule has 0 aliphatic rings. The molecule has 1 rings (SSSR count). The molecule has 1 aromatic rings. The summed E-state index contributed by atoms with van der Waals surface area (Å²) in [5, 5.41) is 0. The number of aryl methyl sites for hydroxylation is 1. The van der Waals surface area contributed by atoms with E-state index in [0.717, 1.165) is 6.42 Å². The zero-order valence-electron chi connectivity index (χ0n) is 9.92. The van der Waals surface area contributed by atoms with E-state index in [1.54, 1.807) is 0 Å². The van der Waals surface area contributed by atoms with Crippen LogP contribution < -0.4 is 0 Å². The molecule has 0 fully saturated rings. The molecule has 0 bridgehead atoms. The molecule has 1 aromatic carbocycles. The number of Topliss-reactive ketones (excluding diaryl/α,β-unsaturated/α-hetero) is 1. The topological polar surface area (TPSA) is 17.1 Å². The van der Waals surface area contributed by atoms with E-state index >= 15 is 0 Å². The quantitative estimate of drug-likeness (QED) is 0.711. The van der Waals surface area contributed by atoms with Gasteiger partial charge in [0.25, 0.3) is 0 Å². The summed E-state index contributed by atoms with van der Waals surface area (Å²) in [6.07, 6.45) is 2.38. The molecule has 82 valence electrons. The molecule has 0 spiro atoms. The predicted octanol–water partition coefficient (Wildman–Crippen LogP) is 3.86. The highest BCUT2D eigenvalue weighted by Gasteiger charge is 2.12. The normalized spacial score (nSPS) is 12.5. The van der Waals surface area contributed by atoms with E-state index < -0.39 is 0 Å². The van der Waals surface area contributed by atoms with Crippen molar-refractivity contribution in [1.82, 2.24) is 0 Å². The number of hydrogen-bond donors (Lipinski definition) is 0. The van der Waals surface area contributed by atoms with Crippen LogP contribution in [0.1, 0.15) is 50.2 Å². The van der Waals surface area contributed by atoms with Gasteiger partial charge in [0.2, 0.25) is 0 Å². The molecule has 0 saturated carbocycles. The van der Waals surface area contributed by atoms with Crippen LogP contribution in [0.3, 0.4) is 0 Å². The number of benzene rings is 1. The molecule has 0 radical (unpaired) electrons. The van der Waals surface area contributed by atoms with Crippen molar-refractivity contribution in [3.05, 3.63) is 35.4 Å². The van der Waals surface area contributed by atoms with Gasteiger partial charge in [0.1, 0.15) is 5.78 Å². The Labute approximate surface area is 92.5 Å². The van der Waals surface area contributed by atoms with Crippen LogP contribution in [0.15, 0.2) is 24.3 Å². The highest BCUT2D eigenvalue weighted by molar-refractivity contribution is 5.78. The highest BCUT2D eigenvalue weighted by Crippen LogP contribution is 2.24. The lowest BCUT2D eigenvalue weighted by molar-refractivity contribution is -0.119. The summed E-state index contributed by atoms with van der Waals surface area (Å²) in [6, 6.07) is 8.53. The maximum atomic E-state index is 11.4. The fourth-order valence-corrected chi connectivity index (χ4v) is 1.76. The Morgan fingerprint density at radius 3 is 2.27 bits per heavy atom. The van der Waals surface area contributed by atoms with Crippen LogP contribution >= 0.6 is 0 Å². The molecule has 1 unspecified atom stereocenters. The molecular formula is C14H20O. The molecule has 1 atom stereocenters. The van der Waals surface area contributed by atoms with Gasteiger partial charge in [0, 0.05) is 12.8 Å². The van der Waals surface area contributed by atoms with E-state index in [2.05, 4.69) is 38.1 Å². The van der Waals surface area contributed by atoms with Gasteiger partial charge in [-0.1, -0.05) is 43.7 Å². The molecule has 0 amide bonds. The van der Waals surface area contributed by atoms with E-state index in [1.807, 2.05) is 6.92 Å². The van der Waals surface area contributed by atoms with Crippen LogP contribution in [0.25, 0.3) is 0 Å². The maximum absolute atomic E-state index is 11.4. The van der Waals surface area contributed by atoms with Gasteiger partial charge < -0.3 is 0 Å². The van der Waals surface area contributed by atoms with Gasteiger partial charge in [-0.3, -0.25) is 4.79 Å². The van der Waals surface area contributed by atoms with Gasteiger partial charge in [-0.2, -0.15) is 0 Å². The van der Waals surface area contributed by atoms with Gasteiger partial charge in [0.05, 0.1) is 0 Å². The molecule has 1 heteroatoms. The summed E-state index contributed by atoms with van der Waals surface area (Å²) in [6.45, 7) is 6.17. The third kappa shape index (κ3) is 3.50. The fourth-order valence-electron chi connectivity index (χ4n) is 1.76. The minimum atomic E-state index is 0.363. The van der Waals surface area contributed by atoms with Crippen LogP contribution in [0.4, 0.5) is 0 Å². The first-order chi connectivity index (χ1) is 7.17. The molecule has 0 aliphatic heterocycles. The van der Waals surface area contributed by atoms with Crippen molar-refractivity contribution < 1.29 is 4.79 Å². The fraction of sp³-hybridized carbons (Fsp3) is 0.500. The largest absolute Gasteiger partial charge is 0.300 e. The Morgan fingerprint density at radius 2 is 1.80 bits per heavy atom. The Bertz CT molecular complexity index is 311. The van der Waals surface area contributed by atoms with Crippen LogP contribution in [-0.2, 0) is 4.79 Å². The monoisotopic (exact) mass is 204 g/mol. The molecular weight excluding hydrogens is 184 g/mol. The van der Waals surface area contributed by atoms with Gasteiger partial charge in [-0.05, 0) is 24.8 Å². The summed E-state index contributed by atoms with van der Waals surface area (Å²) in [7, 11) is 0. The molecule has 0 aliphatic carbocycles. The van der Waals surface area contributed by atoms with Gasteiger partial charge in [0.15, 0.2) is 0 Å². The first-order valence-electron chi connectivity index (χ1n) is 5.75. The van der Waals surface area contributed by atoms with E-state index in [1.165, 1.54) is 11.1 Å². The second-order valence-corrected chi connectivity index (χ2v) is 4.11. The van der Waals surface area contributed by atoms with Crippen LogP contribution in [0.5, 0.6) is 0 Å². The average molecular weight is 204 g/mol. The molecule has 0 aromatic heterocycles. The standard InChI is InChI=1S/C14H20O/c1-4-12(10-14(15)5-2)13-8-6-11(3)7-9-13/h6-9,12H,4-5,10H2,1-3H3. The second kappa shape index (κ2) is 5.69. The van der Waals surface area contributed by atoms with Crippen molar-refractivity contribution in [2.75, 3.05) is 0 Å². The summed E-state index contributed by atoms with van der Waals surface area (Å²) in [5.74, 6) is 0.764. The number of rotatable bonds is 5. The molecule has 1 nitrogen and oxygen atoms in total. The zero-order valence-corrected chi connectivity index (χ0v) is 9.92. The third-order valence-electron chi connectivity index (χ3n) is 2.91. The number of carbonyl (C=O) groups excluding carboxylic acids is 1. The smallest absolute Gasteiger partial charge is 0.133 e. The minimum Gasteiger partial charge on any atom is -0.300 e. The Morgan fingerprint density at radius 1 is 1.20 bits per heavy atom. The van der Waals surface area contributed by atoms with Crippen molar-refractivity contribution >= 4 is 5.78 Å². The van der Waals surface area contributed by atoms with Crippen molar-refractivity contribution in [1.29, 1.82) is 0 Å². The SMILES string of the molecule is CCC(=O)CC(CC)c1ccc(C)cc1. The number of ketones is 1. The first-order valence-corrected chi connectivity index (χ1v) is 5.75. The summed E-state index contributed by atoms with van der Waals surface area (Å²) < 4.78 is 0. The summed E-state index contributed by atoms with van der Waals surface area (Å²) >= 11 is 0. The van der Waals surface area contributed by atoms with Crippen molar-refractivity contribution in [3.63, 3.8) is 0 Å². The Hall–Kier alpha value is -1.11. The lowest BCUT2D eigenvalue weighted by atomic mass is 9.90. The van der Waals surface area contributed by atoms with Crippen LogP contribution in [0, 0.1) is 6.92 Å². The third-order valence-corrected chi connectivity index (χ3v) is 2.91. The van der Waals surface area contributed by atoms with Crippen molar-refractivity contribution in [2.24, 2.45) is 0 Å². The highest BCUT2D eigenvalue weighted by atomic mass is 16.1. The molecule has 0 saturated heterocycles. The van der Waals surface area contributed by atoms with E-state index in [0.29, 0.717) is 24.5 Å². The van der Waals surface area contributed by atoms with Gasteiger partial charge >= 0.3 is 0 Å². The van der Waals surface area contributed by atoms with Crippen molar-refractivity contribution in [3.8, 4) is 0 Å². The lowest BCUT2D eigenvalue weighted by Crippen LogP contribution is -2.05. The Kier molecular flexibility index (Phi) is 4.54. The predicted molar refractivity (Wildman–Crippen MR) is 64.1 cm³/mol. The van der Waals surface area contributed by atoms with Gasteiger partial charge in [-0.15, -0.1) is 0 Å². The lowest BCUT2D eigenvalue weighted by Gasteiger charge is -2.14. The molecule has 0 heterocycles.